The van der Waals surface area contributed by atoms with Gasteiger partial charge in [0, 0.05) is 5.02 Å². The predicted molar refractivity (Wildman–Crippen MR) is 70.3 cm³/mol. The van der Waals surface area contributed by atoms with Crippen LogP contribution < -0.4 is 0 Å². The third kappa shape index (κ3) is 2.71. The lowest BCUT2D eigenvalue weighted by atomic mass is 10.1. The molecule has 0 spiro atoms. The van der Waals surface area contributed by atoms with Gasteiger partial charge in [-0.05, 0) is 42.1 Å². The Bertz CT molecular complexity index is 467. The number of rotatable bonds is 5. The normalized spacial score (nSPS) is 11.1. The quantitative estimate of drug-likeness (QED) is 0.736. The van der Waals surface area contributed by atoms with Gasteiger partial charge in [0.15, 0.2) is 0 Å². The molecule has 1 aromatic carbocycles. The number of halogens is 1. The van der Waals surface area contributed by atoms with Crippen molar-refractivity contribution in [3.8, 4) is 0 Å². The highest BCUT2D eigenvalue weighted by Gasteiger charge is 2.06. The Morgan fingerprint density at radius 3 is 2.94 bits per heavy atom. The molecule has 2 nitrogen and oxygen atoms in total. The standard InChI is InChI=1S/C12H15ClN2S/c1-2-3-4-5-6-9-7-10(13)8-11-12(9)16-15-14-11/h7-8H,2-6H2,1H3. The van der Waals surface area contributed by atoms with Gasteiger partial charge in [0.05, 0.1) is 4.70 Å². The van der Waals surface area contributed by atoms with Crippen molar-refractivity contribution in [2.45, 2.75) is 39.0 Å². The van der Waals surface area contributed by atoms with E-state index in [1.165, 1.54) is 47.5 Å². The molecule has 2 rings (SSSR count). The predicted octanol–water partition coefficient (Wildman–Crippen LogP) is 4.47. The number of unbranched alkanes of at least 4 members (excludes halogenated alkanes) is 3. The zero-order valence-electron chi connectivity index (χ0n) is 9.37. The number of aryl methyl sites for hydroxylation is 1. The molecule has 0 unspecified atom stereocenters. The van der Waals surface area contributed by atoms with Gasteiger partial charge in [-0.3, -0.25) is 0 Å². The second-order valence-corrected chi connectivity index (χ2v) is 5.19. The Morgan fingerprint density at radius 1 is 1.25 bits per heavy atom. The van der Waals surface area contributed by atoms with Crippen molar-refractivity contribution in [3.63, 3.8) is 0 Å². The average molecular weight is 255 g/mol. The third-order valence-electron chi connectivity index (χ3n) is 2.69. The maximum atomic E-state index is 6.06. The van der Waals surface area contributed by atoms with Crippen molar-refractivity contribution in [1.29, 1.82) is 0 Å². The molecule has 0 aliphatic carbocycles. The van der Waals surface area contributed by atoms with E-state index in [1.54, 1.807) is 0 Å². The molecule has 2 aromatic rings. The summed E-state index contributed by atoms with van der Waals surface area (Å²) in [5.74, 6) is 0. The number of hydrogen-bond acceptors (Lipinski definition) is 3. The summed E-state index contributed by atoms with van der Waals surface area (Å²) in [4.78, 5) is 0. The van der Waals surface area contributed by atoms with Gasteiger partial charge in [0.2, 0.25) is 0 Å². The molecule has 0 aliphatic heterocycles. The molecule has 0 aliphatic rings. The van der Waals surface area contributed by atoms with Crippen LogP contribution >= 0.6 is 23.1 Å². The van der Waals surface area contributed by atoms with Gasteiger partial charge in [-0.2, -0.15) is 0 Å². The lowest BCUT2D eigenvalue weighted by molar-refractivity contribution is 0.668. The first-order valence-corrected chi connectivity index (χ1v) is 6.87. The summed E-state index contributed by atoms with van der Waals surface area (Å²) >= 11 is 7.52. The van der Waals surface area contributed by atoms with E-state index in [0.29, 0.717) is 0 Å². The maximum absolute atomic E-state index is 6.06. The fraction of sp³-hybridized carbons (Fsp3) is 0.500. The van der Waals surface area contributed by atoms with Crippen LogP contribution in [0.3, 0.4) is 0 Å². The van der Waals surface area contributed by atoms with Crippen molar-refractivity contribution >= 4 is 33.4 Å². The largest absolute Gasteiger partial charge is 0.138 e. The van der Waals surface area contributed by atoms with Crippen LogP contribution in [-0.4, -0.2) is 9.59 Å². The molecule has 4 heteroatoms. The maximum Gasteiger partial charge on any atom is 0.107 e. The zero-order chi connectivity index (χ0) is 11.4. The average Bonchev–Trinajstić information content (AvgIpc) is 2.72. The Balaban J connectivity index is 2.12. The highest BCUT2D eigenvalue weighted by atomic mass is 35.5. The lowest BCUT2D eigenvalue weighted by Gasteiger charge is -2.02. The molecule has 0 bridgehead atoms. The molecule has 86 valence electrons. The highest BCUT2D eigenvalue weighted by Crippen LogP contribution is 2.26. The van der Waals surface area contributed by atoms with Crippen molar-refractivity contribution < 1.29 is 0 Å². The molecule has 0 fully saturated rings. The number of aromatic nitrogens is 2. The van der Waals surface area contributed by atoms with E-state index in [9.17, 15) is 0 Å². The first-order chi connectivity index (χ1) is 7.81. The lowest BCUT2D eigenvalue weighted by Crippen LogP contribution is -1.87. The van der Waals surface area contributed by atoms with Crippen molar-refractivity contribution in [3.05, 3.63) is 22.7 Å². The van der Waals surface area contributed by atoms with E-state index in [0.717, 1.165) is 17.0 Å². The monoisotopic (exact) mass is 254 g/mol. The summed E-state index contributed by atoms with van der Waals surface area (Å²) in [7, 11) is 0. The van der Waals surface area contributed by atoms with Crippen LogP contribution in [0.5, 0.6) is 0 Å². The van der Waals surface area contributed by atoms with Crippen LogP contribution in [-0.2, 0) is 6.42 Å². The van der Waals surface area contributed by atoms with E-state index < -0.39 is 0 Å². The van der Waals surface area contributed by atoms with Crippen molar-refractivity contribution in [2.75, 3.05) is 0 Å². The number of benzene rings is 1. The Morgan fingerprint density at radius 2 is 2.12 bits per heavy atom. The minimum atomic E-state index is 0.769. The summed E-state index contributed by atoms with van der Waals surface area (Å²) < 4.78 is 5.18. The summed E-state index contributed by atoms with van der Waals surface area (Å²) in [6.07, 6.45) is 6.18. The molecule has 0 amide bonds. The SMILES string of the molecule is CCCCCCc1cc(Cl)cc2nnsc12. The van der Waals surface area contributed by atoms with Crippen LogP contribution in [0.2, 0.25) is 5.02 Å². The number of hydrogen-bond donors (Lipinski definition) is 0. The van der Waals surface area contributed by atoms with Crippen LogP contribution in [0.15, 0.2) is 12.1 Å². The smallest absolute Gasteiger partial charge is 0.107 e. The van der Waals surface area contributed by atoms with Crippen LogP contribution in [0.25, 0.3) is 10.2 Å². The summed E-state index contributed by atoms with van der Waals surface area (Å²) in [5, 5.41) is 4.84. The fourth-order valence-electron chi connectivity index (χ4n) is 1.85. The minimum absolute atomic E-state index is 0.769. The third-order valence-corrected chi connectivity index (χ3v) is 3.73. The first kappa shape index (κ1) is 11.8. The highest BCUT2D eigenvalue weighted by molar-refractivity contribution is 7.13. The minimum Gasteiger partial charge on any atom is -0.138 e. The molecule has 16 heavy (non-hydrogen) atoms. The molecule has 1 heterocycles. The van der Waals surface area contributed by atoms with E-state index in [4.69, 9.17) is 11.6 Å². The number of nitrogens with zero attached hydrogens (tertiary/aromatic N) is 2. The van der Waals surface area contributed by atoms with Gasteiger partial charge in [-0.1, -0.05) is 42.3 Å². The Labute approximate surface area is 105 Å². The molecule has 1 aromatic heterocycles. The van der Waals surface area contributed by atoms with Crippen molar-refractivity contribution in [2.24, 2.45) is 0 Å². The summed E-state index contributed by atoms with van der Waals surface area (Å²) in [6, 6.07) is 3.94. The van der Waals surface area contributed by atoms with Crippen LogP contribution in [0.4, 0.5) is 0 Å². The molecule has 0 saturated carbocycles. The topological polar surface area (TPSA) is 25.8 Å². The van der Waals surface area contributed by atoms with Gasteiger partial charge in [0.25, 0.3) is 0 Å². The van der Waals surface area contributed by atoms with E-state index >= 15 is 0 Å². The molecular formula is C12H15ClN2S. The second kappa shape index (κ2) is 5.60. The molecule has 0 radical (unpaired) electrons. The van der Waals surface area contributed by atoms with E-state index in [2.05, 4.69) is 22.6 Å². The van der Waals surface area contributed by atoms with E-state index in [1.807, 2.05) is 6.07 Å². The Kier molecular flexibility index (Phi) is 4.13. The fourth-order valence-corrected chi connectivity index (χ4v) is 2.76. The molecular weight excluding hydrogens is 240 g/mol. The second-order valence-electron chi connectivity index (χ2n) is 4.00. The van der Waals surface area contributed by atoms with Crippen LogP contribution in [0, 0.1) is 0 Å². The summed E-state index contributed by atoms with van der Waals surface area (Å²) in [5.41, 5.74) is 2.23. The van der Waals surface area contributed by atoms with Gasteiger partial charge < -0.3 is 0 Å². The first-order valence-electron chi connectivity index (χ1n) is 5.71. The molecule has 0 atom stereocenters. The zero-order valence-corrected chi connectivity index (χ0v) is 10.9. The van der Waals surface area contributed by atoms with Gasteiger partial charge >= 0.3 is 0 Å². The van der Waals surface area contributed by atoms with E-state index in [-0.39, 0.29) is 0 Å². The van der Waals surface area contributed by atoms with Gasteiger partial charge in [0.1, 0.15) is 5.52 Å². The molecule has 0 N–H and O–H groups in total. The summed E-state index contributed by atoms with van der Waals surface area (Å²) in [6.45, 7) is 2.23. The Hall–Kier alpha value is -0.670. The van der Waals surface area contributed by atoms with Gasteiger partial charge in [-0.15, -0.1) is 5.10 Å². The van der Waals surface area contributed by atoms with Crippen LogP contribution in [0.1, 0.15) is 38.2 Å². The van der Waals surface area contributed by atoms with Crippen molar-refractivity contribution in [1.82, 2.24) is 9.59 Å². The van der Waals surface area contributed by atoms with Gasteiger partial charge in [-0.25, -0.2) is 0 Å². The molecule has 0 saturated heterocycles. The number of fused-ring (bicyclic) bond motifs is 1.